The first-order valence-corrected chi connectivity index (χ1v) is 5.75. The highest BCUT2D eigenvalue weighted by molar-refractivity contribution is 9.09. The van der Waals surface area contributed by atoms with Crippen molar-refractivity contribution in [1.82, 2.24) is 0 Å². The highest BCUT2D eigenvalue weighted by Crippen LogP contribution is 2.28. The van der Waals surface area contributed by atoms with E-state index in [1.54, 1.807) is 0 Å². The molecule has 1 heterocycles. The summed E-state index contributed by atoms with van der Waals surface area (Å²) in [5.74, 6) is -0.272. The smallest absolute Gasteiger partial charge is 0.331 e. The van der Waals surface area contributed by atoms with E-state index in [4.69, 9.17) is 4.74 Å². The van der Waals surface area contributed by atoms with Gasteiger partial charge in [-0.05, 0) is 5.56 Å². The molecule has 0 aromatic heterocycles. The maximum Gasteiger partial charge on any atom is 0.331 e. The minimum Gasteiger partial charge on any atom is -0.454 e. The van der Waals surface area contributed by atoms with E-state index in [9.17, 15) is 4.79 Å². The van der Waals surface area contributed by atoms with Gasteiger partial charge in [-0.15, -0.1) is 0 Å². The SMILES string of the molecule is O=C1C=CC(Br)CC(c2ccccc2)O1. The van der Waals surface area contributed by atoms with Crippen LogP contribution in [-0.4, -0.2) is 10.8 Å². The second-order valence-corrected chi connectivity index (χ2v) is 4.62. The van der Waals surface area contributed by atoms with Crippen LogP contribution in [0.5, 0.6) is 0 Å². The van der Waals surface area contributed by atoms with E-state index in [1.807, 2.05) is 36.4 Å². The molecule has 1 aliphatic rings. The molecule has 2 nitrogen and oxygen atoms in total. The quantitative estimate of drug-likeness (QED) is 0.577. The highest BCUT2D eigenvalue weighted by Gasteiger charge is 2.21. The van der Waals surface area contributed by atoms with Crippen molar-refractivity contribution in [2.24, 2.45) is 0 Å². The number of cyclic esters (lactones) is 1. The summed E-state index contributed by atoms with van der Waals surface area (Å²) in [6, 6.07) is 9.80. The molecule has 1 aliphatic heterocycles. The molecule has 15 heavy (non-hydrogen) atoms. The van der Waals surface area contributed by atoms with Gasteiger partial charge in [0.1, 0.15) is 6.10 Å². The van der Waals surface area contributed by atoms with Crippen LogP contribution < -0.4 is 0 Å². The van der Waals surface area contributed by atoms with E-state index in [0.29, 0.717) is 0 Å². The van der Waals surface area contributed by atoms with Crippen molar-refractivity contribution < 1.29 is 9.53 Å². The van der Waals surface area contributed by atoms with Gasteiger partial charge in [0.25, 0.3) is 0 Å². The van der Waals surface area contributed by atoms with Gasteiger partial charge < -0.3 is 4.74 Å². The van der Waals surface area contributed by atoms with Crippen molar-refractivity contribution in [2.75, 3.05) is 0 Å². The third-order valence-corrected chi connectivity index (χ3v) is 2.99. The molecule has 0 aliphatic carbocycles. The number of carbonyl (C=O) groups excluding carboxylic acids is 1. The largest absolute Gasteiger partial charge is 0.454 e. The first kappa shape index (κ1) is 10.4. The first-order chi connectivity index (χ1) is 7.25. The van der Waals surface area contributed by atoms with E-state index in [1.165, 1.54) is 6.08 Å². The molecule has 0 fully saturated rings. The highest BCUT2D eigenvalue weighted by atomic mass is 79.9. The number of alkyl halides is 1. The number of ether oxygens (including phenoxy) is 1. The normalized spacial score (nSPS) is 25.8. The number of rotatable bonds is 1. The third kappa shape index (κ3) is 2.69. The van der Waals surface area contributed by atoms with Gasteiger partial charge in [-0.25, -0.2) is 4.79 Å². The molecule has 0 amide bonds. The number of hydrogen-bond acceptors (Lipinski definition) is 2. The van der Waals surface area contributed by atoms with Crippen molar-refractivity contribution in [3.8, 4) is 0 Å². The lowest BCUT2D eigenvalue weighted by atomic mass is 10.1. The molecule has 78 valence electrons. The zero-order valence-corrected chi connectivity index (χ0v) is 9.68. The fraction of sp³-hybridized carbons (Fsp3) is 0.250. The molecule has 0 radical (unpaired) electrons. The van der Waals surface area contributed by atoms with Crippen LogP contribution >= 0.6 is 15.9 Å². The summed E-state index contributed by atoms with van der Waals surface area (Å²) in [7, 11) is 0. The standard InChI is InChI=1S/C12H11BrO2/c13-10-6-7-12(14)15-11(8-10)9-4-2-1-3-5-9/h1-7,10-11H,8H2. The summed E-state index contributed by atoms with van der Waals surface area (Å²) < 4.78 is 5.31. The molecular weight excluding hydrogens is 256 g/mol. The number of halogens is 1. The van der Waals surface area contributed by atoms with Crippen LogP contribution in [0.2, 0.25) is 0 Å². The average molecular weight is 267 g/mol. The Hall–Kier alpha value is -1.09. The molecule has 2 unspecified atom stereocenters. The number of allylic oxidation sites excluding steroid dienone is 1. The Kier molecular flexibility index (Phi) is 3.21. The lowest BCUT2D eigenvalue weighted by Gasteiger charge is -2.16. The van der Waals surface area contributed by atoms with Gasteiger partial charge in [-0.1, -0.05) is 52.3 Å². The van der Waals surface area contributed by atoms with E-state index in [2.05, 4.69) is 15.9 Å². The lowest BCUT2D eigenvalue weighted by Crippen LogP contribution is -2.09. The first-order valence-electron chi connectivity index (χ1n) is 4.83. The fourth-order valence-electron chi connectivity index (χ4n) is 1.57. The Labute approximate surface area is 97.1 Å². The monoisotopic (exact) mass is 266 g/mol. The Bertz CT molecular complexity index is 372. The second-order valence-electron chi connectivity index (χ2n) is 3.45. The molecule has 0 saturated carbocycles. The number of hydrogen-bond donors (Lipinski definition) is 0. The second kappa shape index (κ2) is 4.62. The maximum absolute atomic E-state index is 11.3. The van der Waals surface area contributed by atoms with Gasteiger partial charge in [0.05, 0.1) is 0 Å². The molecule has 2 rings (SSSR count). The van der Waals surface area contributed by atoms with E-state index in [0.717, 1.165) is 12.0 Å². The summed E-state index contributed by atoms with van der Waals surface area (Å²) >= 11 is 3.48. The van der Waals surface area contributed by atoms with Crippen LogP contribution in [0.1, 0.15) is 18.1 Å². The third-order valence-electron chi connectivity index (χ3n) is 2.31. The molecule has 1 aromatic rings. The van der Waals surface area contributed by atoms with Gasteiger partial charge >= 0.3 is 5.97 Å². The van der Waals surface area contributed by atoms with Gasteiger partial charge in [0, 0.05) is 17.3 Å². The van der Waals surface area contributed by atoms with Crippen LogP contribution in [0.15, 0.2) is 42.5 Å². The summed E-state index contributed by atoms with van der Waals surface area (Å²) in [5.41, 5.74) is 1.04. The zero-order chi connectivity index (χ0) is 10.7. The summed E-state index contributed by atoms with van der Waals surface area (Å²) in [5, 5.41) is 0. The maximum atomic E-state index is 11.3. The van der Waals surface area contributed by atoms with E-state index in [-0.39, 0.29) is 16.9 Å². The van der Waals surface area contributed by atoms with Crippen molar-refractivity contribution in [2.45, 2.75) is 17.4 Å². The Morgan fingerprint density at radius 1 is 1.27 bits per heavy atom. The average Bonchev–Trinajstić information content (AvgIpc) is 2.42. The lowest BCUT2D eigenvalue weighted by molar-refractivity contribution is -0.143. The van der Waals surface area contributed by atoms with Crippen LogP contribution in [0.3, 0.4) is 0 Å². The van der Waals surface area contributed by atoms with Crippen LogP contribution in [-0.2, 0) is 9.53 Å². The van der Waals surface area contributed by atoms with Crippen LogP contribution in [0, 0.1) is 0 Å². The Morgan fingerprint density at radius 2 is 2.00 bits per heavy atom. The van der Waals surface area contributed by atoms with E-state index >= 15 is 0 Å². The predicted octanol–water partition coefficient (Wildman–Crippen LogP) is 2.99. The topological polar surface area (TPSA) is 26.3 Å². The molecular formula is C12H11BrO2. The molecule has 2 atom stereocenters. The van der Waals surface area contributed by atoms with Crippen LogP contribution in [0.25, 0.3) is 0 Å². The van der Waals surface area contributed by atoms with Crippen LogP contribution in [0.4, 0.5) is 0 Å². The van der Waals surface area contributed by atoms with Crippen molar-refractivity contribution in [1.29, 1.82) is 0 Å². The minimum absolute atomic E-state index is 0.155. The predicted molar refractivity (Wildman–Crippen MR) is 61.7 cm³/mol. The Morgan fingerprint density at radius 3 is 2.73 bits per heavy atom. The zero-order valence-electron chi connectivity index (χ0n) is 8.10. The van der Waals surface area contributed by atoms with Gasteiger partial charge in [-0.3, -0.25) is 0 Å². The molecule has 0 spiro atoms. The fourth-order valence-corrected chi connectivity index (χ4v) is 2.06. The minimum atomic E-state index is -0.272. The summed E-state index contributed by atoms with van der Waals surface area (Å²) in [4.78, 5) is 11.5. The van der Waals surface area contributed by atoms with Crippen molar-refractivity contribution in [3.05, 3.63) is 48.0 Å². The molecule has 0 N–H and O–H groups in total. The Balaban J connectivity index is 2.20. The summed E-state index contributed by atoms with van der Waals surface area (Å²) in [6.45, 7) is 0. The van der Waals surface area contributed by atoms with E-state index < -0.39 is 0 Å². The number of carbonyl (C=O) groups is 1. The molecule has 1 aromatic carbocycles. The number of esters is 1. The molecule has 0 saturated heterocycles. The van der Waals surface area contributed by atoms with Gasteiger partial charge in [-0.2, -0.15) is 0 Å². The molecule has 3 heteroatoms. The summed E-state index contributed by atoms with van der Waals surface area (Å²) in [6.07, 6.45) is 3.91. The number of benzene rings is 1. The van der Waals surface area contributed by atoms with Gasteiger partial charge in [0.2, 0.25) is 0 Å². The molecule has 0 bridgehead atoms. The van der Waals surface area contributed by atoms with Gasteiger partial charge in [0.15, 0.2) is 0 Å². The van der Waals surface area contributed by atoms with Crippen molar-refractivity contribution in [3.63, 3.8) is 0 Å². The van der Waals surface area contributed by atoms with Crippen molar-refractivity contribution >= 4 is 21.9 Å².